The van der Waals surface area contributed by atoms with E-state index in [1.165, 1.54) is 5.56 Å². The van der Waals surface area contributed by atoms with E-state index in [0.29, 0.717) is 23.8 Å². The average Bonchev–Trinajstić information content (AvgIpc) is 3.42. The number of nitrogens with one attached hydrogen (secondary N) is 1. The summed E-state index contributed by atoms with van der Waals surface area (Å²) in [5.41, 5.74) is 5.65. The fourth-order valence-corrected chi connectivity index (χ4v) is 3.34. The van der Waals surface area contributed by atoms with Crippen molar-refractivity contribution >= 4 is 29.3 Å². The maximum Gasteiger partial charge on any atom is 0.341 e. The monoisotopic (exact) mass is 399 g/mol. The van der Waals surface area contributed by atoms with Gasteiger partial charge in [0.25, 0.3) is 0 Å². The number of fused-ring (bicyclic) bond motifs is 2. The third-order valence-electron chi connectivity index (χ3n) is 4.78. The summed E-state index contributed by atoms with van der Waals surface area (Å²) in [6.07, 6.45) is 7.45. The van der Waals surface area contributed by atoms with Gasteiger partial charge in [0.2, 0.25) is 0 Å². The summed E-state index contributed by atoms with van der Waals surface area (Å²) in [6.45, 7) is 0.314. The van der Waals surface area contributed by atoms with Gasteiger partial charge >= 0.3 is 5.97 Å². The molecule has 0 atom stereocenters. The van der Waals surface area contributed by atoms with Crippen molar-refractivity contribution in [3.8, 4) is 17.0 Å². The highest BCUT2D eigenvalue weighted by molar-refractivity contribution is 5.86. The molecule has 5 rings (SSSR count). The van der Waals surface area contributed by atoms with Crippen molar-refractivity contribution in [1.29, 1.82) is 0 Å². The van der Waals surface area contributed by atoms with Crippen LogP contribution in [0.5, 0.6) is 5.75 Å². The molecule has 0 saturated carbocycles. The van der Waals surface area contributed by atoms with Gasteiger partial charge in [-0.25, -0.2) is 14.8 Å². The van der Waals surface area contributed by atoms with Gasteiger partial charge in [0.05, 0.1) is 12.2 Å². The summed E-state index contributed by atoms with van der Waals surface area (Å²) in [5, 5.41) is 12.0. The predicted octanol–water partition coefficient (Wildman–Crippen LogP) is 3.54. The number of hydrogen-bond acceptors (Lipinski definition) is 6. The number of carboxylic acids is 1. The first-order chi connectivity index (χ1) is 14.7. The van der Waals surface area contributed by atoms with Gasteiger partial charge in [-0.15, -0.1) is 0 Å². The maximum atomic E-state index is 10.6. The fourth-order valence-electron chi connectivity index (χ4n) is 3.34. The highest BCUT2D eigenvalue weighted by Gasteiger charge is 2.13. The largest absolute Gasteiger partial charge is 0.482 e. The molecule has 0 aliphatic carbocycles. The fraction of sp³-hybridized carbons (Fsp3) is 0.0909. The van der Waals surface area contributed by atoms with E-state index in [2.05, 4.69) is 27.4 Å². The van der Waals surface area contributed by atoms with Crippen LogP contribution >= 0.6 is 0 Å². The number of carboxylic acid groups (broad SMARTS) is 1. The molecule has 4 aromatic rings. The summed E-state index contributed by atoms with van der Waals surface area (Å²) in [4.78, 5) is 24.1. The van der Waals surface area contributed by atoms with Crippen molar-refractivity contribution in [3.05, 3.63) is 72.2 Å². The molecule has 0 radical (unpaired) electrons. The molecule has 8 heteroatoms. The van der Waals surface area contributed by atoms with Crippen LogP contribution in [0.2, 0.25) is 0 Å². The molecule has 0 unspecified atom stereocenters. The zero-order valence-corrected chi connectivity index (χ0v) is 15.8. The lowest BCUT2D eigenvalue weighted by Gasteiger charge is -2.11. The number of rotatable bonds is 6. The first-order valence-corrected chi connectivity index (χ1v) is 9.34. The van der Waals surface area contributed by atoms with E-state index in [1.54, 1.807) is 30.5 Å². The van der Waals surface area contributed by atoms with Crippen molar-refractivity contribution < 1.29 is 14.6 Å². The van der Waals surface area contributed by atoms with Crippen LogP contribution in [0.15, 0.2) is 66.0 Å². The normalized spacial score (nSPS) is 12.1. The molecule has 8 nitrogen and oxygen atoms in total. The average molecular weight is 399 g/mol. The van der Waals surface area contributed by atoms with Gasteiger partial charge < -0.3 is 19.6 Å². The molecule has 1 aliphatic heterocycles. The lowest BCUT2D eigenvalue weighted by Crippen LogP contribution is -2.09. The van der Waals surface area contributed by atoms with Gasteiger partial charge in [0.1, 0.15) is 5.75 Å². The van der Waals surface area contributed by atoms with Crippen LogP contribution in [0.1, 0.15) is 11.1 Å². The van der Waals surface area contributed by atoms with Crippen LogP contribution in [0.4, 0.5) is 11.5 Å². The Morgan fingerprint density at radius 1 is 1.20 bits per heavy atom. The summed E-state index contributed by atoms with van der Waals surface area (Å²) < 4.78 is 7.10. The zero-order chi connectivity index (χ0) is 20.5. The minimum atomic E-state index is -1.02. The van der Waals surface area contributed by atoms with E-state index in [4.69, 9.17) is 14.8 Å². The van der Waals surface area contributed by atoms with Crippen LogP contribution in [0.25, 0.3) is 16.9 Å². The lowest BCUT2D eigenvalue weighted by molar-refractivity contribution is -0.139. The Bertz CT molecular complexity index is 1280. The first kappa shape index (κ1) is 17.9. The number of aliphatic imine (C=N–C) groups is 1. The van der Waals surface area contributed by atoms with Gasteiger partial charge in [0, 0.05) is 36.1 Å². The Hall–Kier alpha value is -4.20. The standard InChI is InChI=1S/C22H17N5O3/c28-20(29)13-30-18-5-3-17(4-6-18)25-21-22-24-7-8-27(22)12-19(26-21)14-1-2-15-10-23-11-16(15)9-14/h1-10,12H,11,13H2,(H,25,26)(H,28,29). The Kier molecular flexibility index (Phi) is 4.36. The molecule has 0 spiro atoms. The zero-order valence-electron chi connectivity index (χ0n) is 15.8. The molecule has 2 N–H and O–H groups in total. The molecule has 0 bridgehead atoms. The van der Waals surface area contributed by atoms with Crippen molar-refractivity contribution in [1.82, 2.24) is 14.4 Å². The molecule has 0 fully saturated rings. The SMILES string of the molecule is O=C(O)COc1ccc(Nc2nc(-c3ccc4c(c3)CN=C4)cn3ccnc23)cc1. The summed E-state index contributed by atoms with van der Waals surface area (Å²) in [6, 6.07) is 13.2. The van der Waals surface area contributed by atoms with Gasteiger partial charge in [-0.3, -0.25) is 4.99 Å². The van der Waals surface area contributed by atoms with Gasteiger partial charge in [-0.2, -0.15) is 0 Å². The van der Waals surface area contributed by atoms with E-state index >= 15 is 0 Å². The minimum absolute atomic E-state index is 0.378. The molecular formula is C22H17N5O3. The van der Waals surface area contributed by atoms with E-state index in [9.17, 15) is 4.79 Å². The summed E-state index contributed by atoms with van der Waals surface area (Å²) in [5.74, 6) is 0.0856. The number of carbonyl (C=O) groups is 1. The molecule has 1 aliphatic rings. The number of aromatic nitrogens is 3. The summed E-state index contributed by atoms with van der Waals surface area (Å²) >= 11 is 0. The number of aliphatic carboxylic acids is 1. The van der Waals surface area contributed by atoms with Crippen LogP contribution in [-0.2, 0) is 11.3 Å². The molecule has 148 valence electrons. The van der Waals surface area contributed by atoms with E-state index in [1.807, 2.05) is 29.1 Å². The second-order valence-corrected chi connectivity index (χ2v) is 6.85. The number of anilines is 2. The first-order valence-electron chi connectivity index (χ1n) is 9.34. The molecule has 0 saturated heterocycles. The Labute approximate surface area is 171 Å². The smallest absolute Gasteiger partial charge is 0.341 e. The van der Waals surface area contributed by atoms with Crippen molar-refractivity contribution in [3.63, 3.8) is 0 Å². The van der Waals surface area contributed by atoms with Crippen molar-refractivity contribution in [2.45, 2.75) is 6.54 Å². The van der Waals surface area contributed by atoms with Gasteiger partial charge in [0.15, 0.2) is 18.1 Å². The second kappa shape index (κ2) is 7.32. The Morgan fingerprint density at radius 2 is 2.07 bits per heavy atom. The van der Waals surface area contributed by atoms with Crippen molar-refractivity contribution in [2.75, 3.05) is 11.9 Å². The third-order valence-corrected chi connectivity index (χ3v) is 4.78. The Morgan fingerprint density at radius 3 is 2.90 bits per heavy atom. The predicted molar refractivity (Wildman–Crippen MR) is 113 cm³/mol. The van der Waals surface area contributed by atoms with Crippen LogP contribution in [0, 0.1) is 0 Å². The molecule has 2 aromatic carbocycles. The van der Waals surface area contributed by atoms with Crippen LogP contribution in [0.3, 0.4) is 0 Å². The molecular weight excluding hydrogens is 382 g/mol. The lowest BCUT2D eigenvalue weighted by atomic mass is 10.0. The van der Waals surface area contributed by atoms with E-state index < -0.39 is 5.97 Å². The molecule has 0 amide bonds. The molecule has 3 heterocycles. The van der Waals surface area contributed by atoms with E-state index in [-0.39, 0.29) is 6.61 Å². The van der Waals surface area contributed by atoms with Crippen LogP contribution < -0.4 is 10.1 Å². The topological polar surface area (TPSA) is 101 Å². The quantitative estimate of drug-likeness (QED) is 0.514. The van der Waals surface area contributed by atoms with E-state index in [0.717, 1.165) is 22.5 Å². The van der Waals surface area contributed by atoms with Gasteiger partial charge in [-0.1, -0.05) is 12.1 Å². The minimum Gasteiger partial charge on any atom is -0.482 e. The highest BCUT2D eigenvalue weighted by atomic mass is 16.5. The number of imidazole rings is 1. The number of nitrogens with zero attached hydrogens (tertiary/aromatic N) is 4. The number of benzene rings is 2. The molecule has 2 aromatic heterocycles. The maximum absolute atomic E-state index is 10.6. The third kappa shape index (κ3) is 3.46. The highest BCUT2D eigenvalue weighted by Crippen LogP contribution is 2.27. The molecule has 30 heavy (non-hydrogen) atoms. The number of ether oxygens (including phenoxy) is 1. The number of hydrogen-bond donors (Lipinski definition) is 2. The van der Waals surface area contributed by atoms with Crippen molar-refractivity contribution in [2.24, 2.45) is 4.99 Å². The summed E-state index contributed by atoms with van der Waals surface area (Å²) in [7, 11) is 0. The Balaban J connectivity index is 1.46. The van der Waals surface area contributed by atoms with Crippen LogP contribution in [-0.4, -0.2) is 38.3 Å². The van der Waals surface area contributed by atoms with Gasteiger partial charge in [-0.05, 0) is 41.5 Å². The second-order valence-electron chi connectivity index (χ2n) is 6.85.